The van der Waals surface area contributed by atoms with Gasteiger partial charge in [0.15, 0.2) is 0 Å². The van der Waals surface area contributed by atoms with E-state index < -0.39 is 24.0 Å². The van der Waals surface area contributed by atoms with Crippen LogP contribution >= 0.6 is 0 Å². The largest absolute Gasteiger partial charge is 0.481 e. The van der Waals surface area contributed by atoms with Crippen molar-refractivity contribution in [2.24, 2.45) is 0 Å². The second-order valence-electron chi connectivity index (χ2n) is 5.28. The number of aryl methyl sites for hydroxylation is 1. The Labute approximate surface area is 124 Å². The number of benzene rings is 1. The molecule has 0 saturated carbocycles. The molecular weight excluding hydrogens is 272 g/mol. The highest BCUT2D eigenvalue weighted by atomic mass is 16.4. The number of anilines is 1. The monoisotopic (exact) mass is 294 g/mol. The molecule has 1 unspecified atom stereocenters. The Bertz CT molecular complexity index is 500. The van der Waals surface area contributed by atoms with Gasteiger partial charge in [0.25, 0.3) is 0 Å². The number of nitrogens with one attached hydrogen (secondary N) is 2. The van der Waals surface area contributed by atoms with Crippen LogP contribution < -0.4 is 10.6 Å². The topological polar surface area (TPSA) is 98.7 Å². The molecular formula is C15H22N2O4. The molecule has 0 aliphatic carbocycles. The minimum atomic E-state index is -1.48. The van der Waals surface area contributed by atoms with Gasteiger partial charge in [0.1, 0.15) is 0 Å². The van der Waals surface area contributed by atoms with Crippen LogP contribution in [0.15, 0.2) is 24.3 Å². The fourth-order valence-electron chi connectivity index (χ4n) is 1.96. The number of rotatable bonds is 7. The zero-order chi connectivity index (χ0) is 15.9. The molecule has 0 spiro atoms. The predicted molar refractivity (Wildman–Crippen MR) is 80.3 cm³/mol. The average Bonchev–Trinajstić information content (AvgIpc) is 2.38. The lowest BCUT2D eigenvalue weighted by Gasteiger charge is -2.21. The van der Waals surface area contributed by atoms with Crippen LogP contribution in [0.5, 0.6) is 0 Å². The van der Waals surface area contributed by atoms with Gasteiger partial charge in [-0.25, -0.2) is 4.79 Å². The van der Waals surface area contributed by atoms with Crippen molar-refractivity contribution < 1.29 is 19.8 Å². The van der Waals surface area contributed by atoms with Gasteiger partial charge in [-0.05, 0) is 25.0 Å². The zero-order valence-corrected chi connectivity index (χ0v) is 12.3. The van der Waals surface area contributed by atoms with E-state index in [1.807, 2.05) is 18.2 Å². The SMILES string of the molecule is CCCc1ccccc1NC(=O)NCC(C)(O)CC(=O)O. The summed E-state index contributed by atoms with van der Waals surface area (Å²) in [5.74, 6) is -1.12. The third-order valence-corrected chi connectivity index (χ3v) is 2.95. The Morgan fingerprint density at radius 2 is 1.95 bits per heavy atom. The summed E-state index contributed by atoms with van der Waals surface area (Å²) in [4.78, 5) is 22.4. The van der Waals surface area contributed by atoms with Crippen molar-refractivity contribution >= 4 is 17.7 Å². The van der Waals surface area contributed by atoms with Crippen molar-refractivity contribution in [3.8, 4) is 0 Å². The molecule has 1 aromatic carbocycles. The average molecular weight is 294 g/mol. The zero-order valence-electron chi connectivity index (χ0n) is 12.3. The minimum absolute atomic E-state index is 0.138. The van der Waals surface area contributed by atoms with Crippen LogP contribution in [-0.4, -0.2) is 34.4 Å². The highest BCUT2D eigenvalue weighted by molar-refractivity contribution is 5.90. The van der Waals surface area contributed by atoms with Crippen molar-refractivity contribution in [2.45, 2.75) is 38.7 Å². The Morgan fingerprint density at radius 1 is 1.29 bits per heavy atom. The summed E-state index contributed by atoms with van der Waals surface area (Å²) in [6.45, 7) is 3.29. The molecule has 116 valence electrons. The normalized spacial score (nSPS) is 13.3. The Morgan fingerprint density at radius 3 is 2.57 bits per heavy atom. The number of urea groups is 1. The maximum absolute atomic E-state index is 11.8. The molecule has 0 bridgehead atoms. The molecule has 1 aromatic rings. The third kappa shape index (κ3) is 6.27. The summed E-state index contributed by atoms with van der Waals surface area (Å²) in [5.41, 5.74) is 0.272. The lowest BCUT2D eigenvalue weighted by Crippen LogP contribution is -2.43. The van der Waals surface area contributed by atoms with E-state index in [-0.39, 0.29) is 6.54 Å². The number of aliphatic carboxylic acids is 1. The van der Waals surface area contributed by atoms with Gasteiger partial charge in [0, 0.05) is 12.2 Å². The van der Waals surface area contributed by atoms with Gasteiger partial charge in [-0.3, -0.25) is 4.79 Å². The molecule has 6 heteroatoms. The van der Waals surface area contributed by atoms with E-state index >= 15 is 0 Å². The maximum Gasteiger partial charge on any atom is 0.319 e. The summed E-state index contributed by atoms with van der Waals surface area (Å²) in [6, 6.07) is 7.02. The number of carbonyl (C=O) groups is 2. The van der Waals surface area contributed by atoms with Crippen LogP contribution in [-0.2, 0) is 11.2 Å². The third-order valence-electron chi connectivity index (χ3n) is 2.95. The number of para-hydroxylation sites is 1. The van der Waals surface area contributed by atoms with E-state index in [2.05, 4.69) is 17.6 Å². The second kappa shape index (κ2) is 7.64. The molecule has 0 aliphatic rings. The van der Waals surface area contributed by atoms with Gasteiger partial charge in [0.2, 0.25) is 0 Å². The first kappa shape index (κ1) is 17.0. The van der Waals surface area contributed by atoms with Crippen LogP contribution in [0.3, 0.4) is 0 Å². The summed E-state index contributed by atoms with van der Waals surface area (Å²) in [6.07, 6.45) is 1.39. The lowest BCUT2D eigenvalue weighted by molar-refractivity contribution is -0.141. The molecule has 0 aromatic heterocycles. The Hall–Kier alpha value is -2.08. The summed E-state index contributed by atoms with van der Waals surface area (Å²) in [7, 11) is 0. The molecule has 1 rings (SSSR count). The van der Waals surface area contributed by atoms with Crippen LogP contribution in [0.4, 0.5) is 10.5 Å². The van der Waals surface area contributed by atoms with Crippen molar-refractivity contribution in [3.05, 3.63) is 29.8 Å². The van der Waals surface area contributed by atoms with Crippen LogP contribution in [0.2, 0.25) is 0 Å². The molecule has 4 N–H and O–H groups in total. The quantitative estimate of drug-likeness (QED) is 0.618. The number of carboxylic acids is 1. The predicted octanol–water partition coefficient (Wildman–Crippen LogP) is 1.99. The highest BCUT2D eigenvalue weighted by Crippen LogP contribution is 2.16. The molecule has 6 nitrogen and oxygen atoms in total. The smallest absolute Gasteiger partial charge is 0.319 e. The van der Waals surface area contributed by atoms with Gasteiger partial charge >= 0.3 is 12.0 Å². The second-order valence-corrected chi connectivity index (χ2v) is 5.28. The number of hydrogen-bond acceptors (Lipinski definition) is 3. The van der Waals surface area contributed by atoms with Gasteiger partial charge in [-0.2, -0.15) is 0 Å². The van der Waals surface area contributed by atoms with Crippen LogP contribution in [0, 0.1) is 0 Å². The van der Waals surface area contributed by atoms with Crippen LogP contribution in [0.25, 0.3) is 0 Å². The first-order chi connectivity index (χ1) is 9.84. The van der Waals surface area contributed by atoms with E-state index in [9.17, 15) is 14.7 Å². The molecule has 0 heterocycles. The number of carboxylic acid groups (broad SMARTS) is 1. The Balaban J connectivity index is 2.56. The fraction of sp³-hybridized carbons (Fsp3) is 0.467. The van der Waals surface area contributed by atoms with Gasteiger partial charge in [-0.1, -0.05) is 31.5 Å². The first-order valence-corrected chi connectivity index (χ1v) is 6.91. The van der Waals surface area contributed by atoms with Gasteiger partial charge < -0.3 is 20.8 Å². The molecule has 0 saturated heterocycles. The molecule has 2 amide bonds. The summed E-state index contributed by atoms with van der Waals surface area (Å²) >= 11 is 0. The van der Waals surface area contributed by atoms with E-state index in [1.54, 1.807) is 6.07 Å². The number of amides is 2. The van der Waals surface area contributed by atoms with E-state index in [0.29, 0.717) is 0 Å². The van der Waals surface area contributed by atoms with Crippen molar-refractivity contribution in [2.75, 3.05) is 11.9 Å². The summed E-state index contributed by atoms with van der Waals surface area (Å²) < 4.78 is 0. The highest BCUT2D eigenvalue weighted by Gasteiger charge is 2.24. The number of hydrogen-bond donors (Lipinski definition) is 4. The van der Waals surface area contributed by atoms with E-state index in [4.69, 9.17) is 5.11 Å². The molecule has 21 heavy (non-hydrogen) atoms. The van der Waals surface area contributed by atoms with E-state index in [1.165, 1.54) is 6.92 Å². The molecule has 0 aliphatic heterocycles. The number of carbonyl (C=O) groups excluding carboxylic acids is 1. The van der Waals surface area contributed by atoms with Gasteiger partial charge in [0.05, 0.1) is 12.0 Å². The maximum atomic E-state index is 11.8. The first-order valence-electron chi connectivity index (χ1n) is 6.91. The van der Waals surface area contributed by atoms with Crippen LogP contribution in [0.1, 0.15) is 32.3 Å². The fourth-order valence-corrected chi connectivity index (χ4v) is 1.96. The van der Waals surface area contributed by atoms with Crippen molar-refractivity contribution in [1.29, 1.82) is 0 Å². The van der Waals surface area contributed by atoms with Gasteiger partial charge in [-0.15, -0.1) is 0 Å². The Kier molecular flexibility index (Phi) is 6.17. The molecule has 1 atom stereocenters. The molecule has 0 fully saturated rings. The number of aliphatic hydroxyl groups is 1. The minimum Gasteiger partial charge on any atom is -0.481 e. The standard InChI is InChI=1S/C15H22N2O4/c1-3-6-11-7-4-5-8-12(11)17-14(20)16-10-15(2,21)9-13(18)19/h4-5,7-8,21H,3,6,9-10H2,1-2H3,(H,18,19)(H2,16,17,20). The van der Waals surface area contributed by atoms with E-state index in [0.717, 1.165) is 24.1 Å². The van der Waals surface area contributed by atoms with Crippen molar-refractivity contribution in [3.63, 3.8) is 0 Å². The summed E-state index contributed by atoms with van der Waals surface area (Å²) in [5, 5.41) is 23.7. The molecule has 0 radical (unpaired) electrons. The van der Waals surface area contributed by atoms with Crippen molar-refractivity contribution in [1.82, 2.24) is 5.32 Å². The lowest BCUT2D eigenvalue weighted by atomic mass is 10.0.